The zero-order valence-electron chi connectivity index (χ0n) is 18.0. The van der Waals surface area contributed by atoms with E-state index in [0.717, 1.165) is 57.2 Å². The van der Waals surface area contributed by atoms with Crippen LogP contribution in [0, 0.1) is 0 Å². The number of unbranched alkanes of at least 4 members (excludes halogenated alkanes) is 1. The second kappa shape index (κ2) is 11.3. The standard InChI is InChI=1S/C22H32N6O2/c1-23-22(24-11-6-7-14-30-15-10-19-8-4-3-5-9-19)27-12-13-28(21(29)18-27)20-16-25-26(2)17-20/h3-5,8-9,16-17H,6-7,10-15,18H2,1-2H3,(H,23,24). The number of nitrogens with one attached hydrogen (secondary N) is 1. The Hall–Kier alpha value is -2.87. The minimum Gasteiger partial charge on any atom is -0.381 e. The van der Waals surface area contributed by atoms with E-state index >= 15 is 0 Å². The molecule has 8 heteroatoms. The van der Waals surface area contributed by atoms with Crippen molar-refractivity contribution in [3.63, 3.8) is 0 Å². The van der Waals surface area contributed by atoms with Crippen molar-refractivity contribution >= 4 is 17.6 Å². The van der Waals surface area contributed by atoms with Crippen molar-refractivity contribution in [3.8, 4) is 0 Å². The van der Waals surface area contributed by atoms with Crippen LogP contribution in [-0.2, 0) is 23.0 Å². The van der Waals surface area contributed by atoms with E-state index in [9.17, 15) is 4.79 Å². The summed E-state index contributed by atoms with van der Waals surface area (Å²) in [5, 5.41) is 7.52. The van der Waals surface area contributed by atoms with Crippen LogP contribution in [0.1, 0.15) is 18.4 Å². The molecule has 0 saturated carbocycles. The average Bonchev–Trinajstić information content (AvgIpc) is 3.19. The molecule has 1 amide bonds. The fourth-order valence-corrected chi connectivity index (χ4v) is 3.47. The van der Waals surface area contributed by atoms with Gasteiger partial charge in [-0.15, -0.1) is 0 Å². The smallest absolute Gasteiger partial charge is 0.246 e. The van der Waals surface area contributed by atoms with Crippen LogP contribution in [0.2, 0.25) is 0 Å². The number of anilines is 1. The Kier molecular flexibility index (Phi) is 8.26. The molecule has 3 rings (SSSR count). The minimum absolute atomic E-state index is 0.0593. The van der Waals surface area contributed by atoms with E-state index < -0.39 is 0 Å². The van der Waals surface area contributed by atoms with Crippen molar-refractivity contribution in [2.24, 2.45) is 12.0 Å². The Balaban J connectivity index is 1.30. The lowest BCUT2D eigenvalue weighted by atomic mass is 10.2. The summed E-state index contributed by atoms with van der Waals surface area (Å²) in [6.45, 7) is 4.00. The quantitative estimate of drug-likeness (QED) is 0.385. The van der Waals surface area contributed by atoms with E-state index in [1.165, 1.54) is 5.56 Å². The van der Waals surface area contributed by atoms with Gasteiger partial charge in [0.25, 0.3) is 0 Å². The molecule has 0 spiro atoms. The van der Waals surface area contributed by atoms with Crippen LogP contribution in [0.15, 0.2) is 47.7 Å². The molecule has 1 aliphatic rings. The van der Waals surface area contributed by atoms with Gasteiger partial charge in [-0.3, -0.25) is 14.5 Å². The minimum atomic E-state index is 0.0593. The zero-order chi connectivity index (χ0) is 21.2. The van der Waals surface area contributed by atoms with Gasteiger partial charge in [-0.05, 0) is 24.8 Å². The highest BCUT2D eigenvalue weighted by Crippen LogP contribution is 2.16. The summed E-state index contributed by atoms with van der Waals surface area (Å²) in [5.41, 5.74) is 2.15. The van der Waals surface area contributed by atoms with Gasteiger partial charge in [0, 0.05) is 46.5 Å². The van der Waals surface area contributed by atoms with Crippen LogP contribution in [0.5, 0.6) is 0 Å². The molecule has 1 aliphatic heterocycles. The summed E-state index contributed by atoms with van der Waals surface area (Å²) in [4.78, 5) is 20.7. The predicted molar refractivity (Wildman–Crippen MR) is 119 cm³/mol. The number of carbonyl (C=O) groups is 1. The van der Waals surface area contributed by atoms with Crippen LogP contribution in [0.4, 0.5) is 5.69 Å². The number of piperazine rings is 1. The fraction of sp³-hybridized carbons (Fsp3) is 0.500. The number of hydrogen-bond donors (Lipinski definition) is 1. The van der Waals surface area contributed by atoms with E-state index in [2.05, 4.69) is 39.7 Å². The van der Waals surface area contributed by atoms with Gasteiger partial charge in [-0.25, -0.2) is 0 Å². The monoisotopic (exact) mass is 412 g/mol. The average molecular weight is 413 g/mol. The molecule has 0 atom stereocenters. The summed E-state index contributed by atoms with van der Waals surface area (Å²) in [6.07, 6.45) is 6.52. The molecule has 0 radical (unpaired) electrons. The first-order valence-corrected chi connectivity index (χ1v) is 10.5. The highest BCUT2D eigenvalue weighted by atomic mass is 16.5. The normalized spacial score (nSPS) is 15.0. The molecule has 1 saturated heterocycles. The molecule has 0 aliphatic carbocycles. The molecule has 2 aromatic rings. The highest BCUT2D eigenvalue weighted by molar-refractivity contribution is 5.98. The molecule has 30 heavy (non-hydrogen) atoms. The first-order valence-electron chi connectivity index (χ1n) is 10.5. The first-order chi connectivity index (χ1) is 14.7. The van der Waals surface area contributed by atoms with E-state index in [-0.39, 0.29) is 5.91 Å². The number of nitrogens with zero attached hydrogens (tertiary/aromatic N) is 5. The number of ether oxygens (including phenoxy) is 1. The van der Waals surface area contributed by atoms with Gasteiger partial charge in [-0.1, -0.05) is 30.3 Å². The van der Waals surface area contributed by atoms with Crippen LogP contribution < -0.4 is 10.2 Å². The third-order valence-corrected chi connectivity index (χ3v) is 5.11. The van der Waals surface area contributed by atoms with Crippen molar-refractivity contribution in [2.45, 2.75) is 19.3 Å². The molecule has 2 heterocycles. The molecule has 0 bridgehead atoms. The molecular weight excluding hydrogens is 380 g/mol. The lowest BCUT2D eigenvalue weighted by Gasteiger charge is -2.35. The third kappa shape index (κ3) is 6.32. The summed E-state index contributed by atoms with van der Waals surface area (Å²) < 4.78 is 7.44. The molecule has 1 aromatic carbocycles. The Bertz CT molecular complexity index is 820. The summed E-state index contributed by atoms with van der Waals surface area (Å²) in [6, 6.07) is 10.4. The number of aryl methyl sites for hydroxylation is 1. The van der Waals surface area contributed by atoms with Gasteiger partial charge in [-0.2, -0.15) is 5.10 Å². The van der Waals surface area contributed by atoms with Crippen LogP contribution in [0.3, 0.4) is 0 Å². The maximum Gasteiger partial charge on any atom is 0.246 e. The van der Waals surface area contributed by atoms with Gasteiger partial charge in [0.1, 0.15) is 6.54 Å². The molecule has 0 unspecified atom stereocenters. The Morgan fingerprint density at radius 3 is 2.73 bits per heavy atom. The van der Waals surface area contributed by atoms with Crippen molar-refractivity contribution in [3.05, 3.63) is 48.3 Å². The van der Waals surface area contributed by atoms with Gasteiger partial charge >= 0.3 is 0 Å². The van der Waals surface area contributed by atoms with Crippen LogP contribution in [0.25, 0.3) is 0 Å². The number of rotatable bonds is 9. The summed E-state index contributed by atoms with van der Waals surface area (Å²) >= 11 is 0. The van der Waals surface area contributed by atoms with E-state index in [1.54, 1.807) is 22.8 Å². The largest absolute Gasteiger partial charge is 0.381 e. The van der Waals surface area contributed by atoms with Gasteiger partial charge in [0.15, 0.2) is 5.96 Å². The number of carbonyl (C=O) groups excluding carboxylic acids is 1. The zero-order valence-corrected chi connectivity index (χ0v) is 18.0. The number of benzene rings is 1. The lowest BCUT2D eigenvalue weighted by Crippen LogP contribution is -2.55. The first kappa shape index (κ1) is 21.8. The van der Waals surface area contributed by atoms with E-state index in [0.29, 0.717) is 13.1 Å². The van der Waals surface area contributed by atoms with Crippen molar-refractivity contribution in [1.82, 2.24) is 20.0 Å². The molecule has 8 nitrogen and oxygen atoms in total. The second-order valence-electron chi connectivity index (χ2n) is 7.37. The highest BCUT2D eigenvalue weighted by Gasteiger charge is 2.27. The number of amides is 1. The van der Waals surface area contributed by atoms with Crippen LogP contribution in [-0.4, -0.2) is 73.0 Å². The van der Waals surface area contributed by atoms with Crippen molar-refractivity contribution in [2.75, 3.05) is 51.3 Å². The Labute approximate surface area is 178 Å². The van der Waals surface area contributed by atoms with Gasteiger partial charge < -0.3 is 19.9 Å². The molecule has 1 aromatic heterocycles. The van der Waals surface area contributed by atoms with Gasteiger partial charge in [0.05, 0.1) is 18.5 Å². The number of guanidine groups is 1. The molecule has 162 valence electrons. The topological polar surface area (TPSA) is 75.0 Å². The third-order valence-electron chi connectivity index (χ3n) is 5.11. The van der Waals surface area contributed by atoms with Crippen molar-refractivity contribution in [1.29, 1.82) is 0 Å². The van der Waals surface area contributed by atoms with E-state index in [1.807, 2.05) is 24.2 Å². The molecule has 1 fully saturated rings. The van der Waals surface area contributed by atoms with E-state index in [4.69, 9.17) is 4.74 Å². The maximum absolute atomic E-state index is 12.6. The number of aliphatic imine (C=N–C) groups is 1. The molecule has 1 N–H and O–H groups in total. The SMILES string of the molecule is CN=C(NCCCCOCCc1ccccc1)N1CCN(c2cnn(C)c2)C(=O)C1. The number of aromatic nitrogens is 2. The fourth-order valence-electron chi connectivity index (χ4n) is 3.47. The Morgan fingerprint density at radius 2 is 2.03 bits per heavy atom. The lowest BCUT2D eigenvalue weighted by molar-refractivity contribution is -0.120. The summed E-state index contributed by atoms with van der Waals surface area (Å²) in [5.74, 6) is 0.836. The van der Waals surface area contributed by atoms with Crippen LogP contribution >= 0.6 is 0 Å². The van der Waals surface area contributed by atoms with Crippen molar-refractivity contribution < 1.29 is 9.53 Å². The molecular formula is C22H32N6O2. The number of hydrogen-bond acceptors (Lipinski definition) is 4. The Morgan fingerprint density at radius 1 is 1.20 bits per heavy atom. The van der Waals surface area contributed by atoms with Gasteiger partial charge in [0.2, 0.25) is 5.91 Å². The maximum atomic E-state index is 12.6. The predicted octanol–water partition coefficient (Wildman–Crippen LogP) is 1.68. The summed E-state index contributed by atoms with van der Waals surface area (Å²) in [7, 11) is 3.61. The second-order valence-corrected chi connectivity index (χ2v) is 7.37.